The fourth-order valence-corrected chi connectivity index (χ4v) is 2.07. The van der Waals surface area contributed by atoms with Crippen LogP contribution in [0.2, 0.25) is 0 Å². The summed E-state index contributed by atoms with van der Waals surface area (Å²) in [4.78, 5) is 19.3. The van der Waals surface area contributed by atoms with Gasteiger partial charge >= 0.3 is 0 Å². The molecule has 0 bridgehead atoms. The smallest absolute Gasteiger partial charge is 0.290 e. The summed E-state index contributed by atoms with van der Waals surface area (Å²) in [5.41, 5.74) is 0.278. The zero-order valence-corrected chi connectivity index (χ0v) is 9.92. The first-order chi connectivity index (χ1) is 7.24. The maximum Gasteiger partial charge on any atom is 0.290 e. The van der Waals surface area contributed by atoms with Gasteiger partial charge in [0.25, 0.3) is 6.47 Å². The Bertz CT molecular complexity index is 144. The molecule has 0 spiro atoms. The topological polar surface area (TPSA) is 66.4 Å². The molecule has 0 aliphatic heterocycles. The van der Waals surface area contributed by atoms with E-state index in [4.69, 9.17) is 26.5 Å². The summed E-state index contributed by atoms with van der Waals surface area (Å²) in [5, 5.41) is 6.89. The molecule has 90 valence electrons. The molecule has 15 heavy (non-hydrogen) atoms. The second kappa shape index (κ2) is 11.5. The Morgan fingerprint density at radius 2 is 1.80 bits per heavy atom. The minimum Gasteiger partial charge on any atom is -0.483 e. The van der Waals surface area contributed by atoms with Crippen LogP contribution < -0.4 is 4.84 Å². The maximum atomic E-state index is 8.36. The van der Waals surface area contributed by atoms with Gasteiger partial charge < -0.3 is 9.90 Å². The van der Waals surface area contributed by atoms with E-state index in [0.29, 0.717) is 0 Å². The Kier molecular flexibility index (Phi) is 12.8. The summed E-state index contributed by atoms with van der Waals surface area (Å²) < 4.78 is 0. The zero-order valence-electron chi connectivity index (χ0n) is 9.17. The number of hydrogen-bond acceptors (Lipinski definition) is 3. The standard InChI is InChI=1S/C8H16ClN.CH2O2.CH2O/c1-2-8(10-9)6-4-3-5-7-8;2-1-3;1-2/h10H,2-7H2,1H3;1H,(H,2,3);1H2. The van der Waals surface area contributed by atoms with E-state index in [1.807, 2.05) is 6.79 Å². The van der Waals surface area contributed by atoms with Gasteiger partial charge in [0.1, 0.15) is 6.79 Å². The van der Waals surface area contributed by atoms with E-state index in [9.17, 15) is 0 Å². The van der Waals surface area contributed by atoms with Crippen LogP contribution in [-0.4, -0.2) is 23.9 Å². The molecule has 0 aromatic rings. The second-order valence-electron chi connectivity index (χ2n) is 3.39. The predicted octanol–water partition coefficient (Wildman–Crippen LogP) is 2.36. The van der Waals surface area contributed by atoms with Crippen LogP contribution in [0.5, 0.6) is 0 Å². The number of nitrogens with one attached hydrogen (secondary N) is 1. The summed E-state index contributed by atoms with van der Waals surface area (Å²) in [5.74, 6) is 0. The highest BCUT2D eigenvalue weighted by molar-refractivity contribution is 6.13. The van der Waals surface area contributed by atoms with E-state index in [-0.39, 0.29) is 12.0 Å². The molecule has 4 nitrogen and oxygen atoms in total. The monoisotopic (exact) mass is 237 g/mol. The molecule has 1 aliphatic rings. The number of rotatable bonds is 2. The van der Waals surface area contributed by atoms with Gasteiger partial charge in [0.05, 0.1) is 0 Å². The van der Waals surface area contributed by atoms with E-state index >= 15 is 0 Å². The maximum absolute atomic E-state index is 8.36. The lowest BCUT2D eigenvalue weighted by atomic mass is 9.81. The largest absolute Gasteiger partial charge is 0.483 e. The van der Waals surface area contributed by atoms with Gasteiger partial charge in [0, 0.05) is 5.54 Å². The average Bonchev–Trinajstić information content (AvgIpc) is 2.33. The summed E-state index contributed by atoms with van der Waals surface area (Å²) in [7, 11) is 0. The molecule has 0 aromatic carbocycles. The van der Waals surface area contributed by atoms with Crippen molar-refractivity contribution >= 4 is 25.0 Å². The lowest BCUT2D eigenvalue weighted by Crippen LogP contribution is -2.40. The van der Waals surface area contributed by atoms with Crippen molar-refractivity contribution in [1.29, 1.82) is 0 Å². The minimum atomic E-state index is -0.250. The Morgan fingerprint density at radius 1 is 1.40 bits per heavy atom. The first kappa shape index (κ1) is 16.8. The third kappa shape index (κ3) is 7.33. The Labute approximate surface area is 96.1 Å². The second-order valence-corrected chi connectivity index (χ2v) is 3.58. The fraction of sp³-hybridized carbons (Fsp3) is 0.800. The molecule has 1 fully saturated rings. The van der Waals surface area contributed by atoms with Gasteiger partial charge in [0.15, 0.2) is 0 Å². The highest BCUT2D eigenvalue weighted by Crippen LogP contribution is 2.30. The molecule has 0 radical (unpaired) electrons. The molecule has 0 heterocycles. The predicted molar refractivity (Wildman–Crippen MR) is 60.9 cm³/mol. The Morgan fingerprint density at radius 3 is 2.00 bits per heavy atom. The van der Waals surface area contributed by atoms with Crippen LogP contribution in [0, 0.1) is 0 Å². The quantitative estimate of drug-likeness (QED) is 0.572. The van der Waals surface area contributed by atoms with Crippen molar-refractivity contribution in [3.05, 3.63) is 0 Å². The number of halogens is 1. The summed E-state index contributed by atoms with van der Waals surface area (Å²) in [6.45, 7) is 3.96. The van der Waals surface area contributed by atoms with Crippen molar-refractivity contribution in [1.82, 2.24) is 4.84 Å². The minimum absolute atomic E-state index is 0.250. The van der Waals surface area contributed by atoms with Crippen LogP contribution >= 0.6 is 11.8 Å². The van der Waals surface area contributed by atoms with Crippen molar-refractivity contribution in [2.75, 3.05) is 0 Å². The lowest BCUT2D eigenvalue weighted by Gasteiger charge is -2.34. The van der Waals surface area contributed by atoms with Gasteiger partial charge in [-0.05, 0) is 31.0 Å². The van der Waals surface area contributed by atoms with E-state index in [0.717, 1.165) is 6.42 Å². The molecule has 0 aromatic heterocycles. The molecule has 1 rings (SSSR count). The third-order valence-electron chi connectivity index (χ3n) is 2.69. The van der Waals surface area contributed by atoms with Gasteiger partial charge in [-0.25, -0.2) is 4.84 Å². The first-order valence-electron chi connectivity index (χ1n) is 4.99. The van der Waals surface area contributed by atoms with Crippen LogP contribution in [-0.2, 0) is 9.59 Å². The number of carboxylic acid groups (broad SMARTS) is 1. The van der Waals surface area contributed by atoms with Crippen molar-refractivity contribution in [2.45, 2.75) is 51.0 Å². The number of hydrogen-bond donors (Lipinski definition) is 2. The van der Waals surface area contributed by atoms with E-state index < -0.39 is 0 Å². The lowest BCUT2D eigenvalue weighted by molar-refractivity contribution is -0.122. The van der Waals surface area contributed by atoms with Crippen molar-refractivity contribution in [3.8, 4) is 0 Å². The van der Waals surface area contributed by atoms with Crippen LogP contribution in [0.15, 0.2) is 0 Å². The molecule has 2 N–H and O–H groups in total. The van der Waals surface area contributed by atoms with Gasteiger partial charge in [-0.3, -0.25) is 4.79 Å². The van der Waals surface area contributed by atoms with E-state index in [1.54, 1.807) is 0 Å². The molecule has 1 saturated carbocycles. The number of carbonyl (C=O) groups is 2. The SMILES string of the molecule is C=O.CCC1(NCl)CCCCC1.O=CO. The highest BCUT2D eigenvalue weighted by atomic mass is 35.5. The van der Waals surface area contributed by atoms with Crippen LogP contribution in [0.1, 0.15) is 45.4 Å². The average molecular weight is 238 g/mol. The summed E-state index contributed by atoms with van der Waals surface area (Å²) in [6, 6.07) is 0. The van der Waals surface area contributed by atoms with Gasteiger partial charge in [-0.2, -0.15) is 0 Å². The van der Waals surface area contributed by atoms with Gasteiger partial charge in [0.2, 0.25) is 0 Å². The molecule has 0 saturated heterocycles. The van der Waals surface area contributed by atoms with E-state index in [2.05, 4.69) is 11.8 Å². The molecule has 0 atom stereocenters. The molecule has 0 amide bonds. The molecular formula is C10H20ClNO3. The van der Waals surface area contributed by atoms with Crippen molar-refractivity contribution < 1.29 is 14.7 Å². The fourth-order valence-electron chi connectivity index (χ4n) is 1.74. The van der Waals surface area contributed by atoms with Crippen molar-refractivity contribution in [3.63, 3.8) is 0 Å². The van der Waals surface area contributed by atoms with Gasteiger partial charge in [-0.1, -0.05) is 26.2 Å². The highest BCUT2D eigenvalue weighted by Gasteiger charge is 2.28. The number of carbonyl (C=O) groups excluding carboxylic acids is 1. The summed E-state index contributed by atoms with van der Waals surface area (Å²) >= 11 is 5.69. The molecule has 5 heteroatoms. The molecule has 1 aliphatic carbocycles. The Hall–Kier alpha value is -0.610. The van der Waals surface area contributed by atoms with Crippen molar-refractivity contribution in [2.24, 2.45) is 0 Å². The molecular weight excluding hydrogens is 218 g/mol. The van der Waals surface area contributed by atoms with Crippen LogP contribution in [0.3, 0.4) is 0 Å². The molecule has 0 unspecified atom stereocenters. The van der Waals surface area contributed by atoms with E-state index in [1.165, 1.54) is 32.1 Å². The van der Waals surface area contributed by atoms with Crippen LogP contribution in [0.25, 0.3) is 0 Å². The first-order valence-corrected chi connectivity index (χ1v) is 5.37. The Balaban J connectivity index is 0. The van der Waals surface area contributed by atoms with Gasteiger partial charge in [-0.15, -0.1) is 0 Å². The normalized spacial score (nSPS) is 17.5. The van der Waals surface area contributed by atoms with Crippen LogP contribution in [0.4, 0.5) is 0 Å². The third-order valence-corrected chi connectivity index (χ3v) is 3.09. The summed E-state index contributed by atoms with van der Waals surface area (Å²) in [6.07, 6.45) is 7.75. The zero-order chi connectivity index (χ0) is 12.2.